The zero-order valence-corrected chi connectivity index (χ0v) is 17.1. The zero-order chi connectivity index (χ0) is 21.0. The second kappa shape index (κ2) is 8.63. The van der Waals surface area contributed by atoms with Crippen LogP contribution >= 0.6 is 0 Å². The van der Waals surface area contributed by atoms with Crippen molar-refractivity contribution in [2.75, 3.05) is 5.75 Å². The van der Waals surface area contributed by atoms with Crippen molar-refractivity contribution in [2.24, 2.45) is 0 Å². The lowest BCUT2D eigenvalue weighted by Gasteiger charge is -2.12. The molecule has 0 aliphatic rings. The molecule has 0 radical (unpaired) electrons. The van der Waals surface area contributed by atoms with E-state index in [4.69, 9.17) is 0 Å². The van der Waals surface area contributed by atoms with Gasteiger partial charge in [0.15, 0.2) is 15.6 Å². The molecule has 150 valence electrons. The number of carbonyl (C=O) groups excluding carboxylic acids is 1. The van der Waals surface area contributed by atoms with Crippen LogP contribution in [0.2, 0.25) is 0 Å². The number of aromatic nitrogens is 2. The third-order valence-corrected chi connectivity index (χ3v) is 6.32. The second-order valence-corrected chi connectivity index (χ2v) is 9.00. The minimum Gasteiger partial charge on any atom is -0.387 e. The largest absolute Gasteiger partial charge is 0.387 e. The number of ketones is 1. The molecular formula is C22H22N2O4S. The summed E-state index contributed by atoms with van der Waals surface area (Å²) in [5, 5.41) is 10.3. The highest BCUT2D eigenvalue weighted by Crippen LogP contribution is 2.20. The minimum atomic E-state index is -3.69. The molecule has 0 spiro atoms. The van der Waals surface area contributed by atoms with Gasteiger partial charge in [0.1, 0.15) is 0 Å². The number of nitrogens with zero attached hydrogens (tertiary/aromatic N) is 2. The molecule has 6 nitrogen and oxygen atoms in total. The maximum atomic E-state index is 12.6. The Kier molecular flexibility index (Phi) is 6.20. The van der Waals surface area contributed by atoms with Crippen LogP contribution in [0.3, 0.4) is 0 Å². The van der Waals surface area contributed by atoms with Gasteiger partial charge < -0.3 is 5.11 Å². The fourth-order valence-electron chi connectivity index (χ4n) is 2.81. The fraction of sp³-hybridized carbons (Fsp3) is 0.227. The Hall–Kier alpha value is -2.90. The molecule has 2 aromatic heterocycles. The van der Waals surface area contributed by atoms with E-state index >= 15 is 0 Å². The minimum absolute atomic E-state index is 0.0876. The molecule has 1 atom stereocenters. The van der Waals surface area contributed by atoms with Crippen LogP contribution < -0.4 is 0 Å². The molecule has 0 fully saturated rings. The van der Waals surface area contributed by atoms with Crippen molar-refractivity contribution in [2.45, 2.75) is 31.3 Å². The summed E-state index contributed by atoms with van der Waals surface area (Å²) in [5.41, 5.74) is 3.29. The van der Waals surface area contributed by atoms with E-state index in [0.717, 1.165) is 11.4 Å². The molecule has 0 aliphatic carbocycles. The third-order valence-electron chi connectivity index (χ3n) is 4.58. The molecule has 0 bridgehead atoms. The molecule has 0 saturated carbocycles. The highest BCUT2D eigenvalue weighted by atomic mass is 32.2. The van der Waals surface area contributed by atoms with Crippen molar-refractivity contribution in [3.63, 3.8) is 0 Å². The normalized spacial score (nSPS) is 12.5. The summed E-state index contributed by atoms with van der Waals surface area (Å²) in [6, 6.07) is 13.1. The number of aryl methyl sites for hydroxylation is 2. The molecule has 0 aliphatic heterocycles. The first-order valence-electron chi connectivity index (χ1n) is 9.13. The van der Waals surface area contributed by atoms with Crippen molar-refractivity contribution in [1.82, 2.24) is 9.97 Å². The van der Waals surface area contributed by atoms with E-state index in [1.807, 2.05) is 13.8 Å². The summed E-state index contributed by atoms with van der Waals surface area (Å²) in [5.74, 6) is -0.527. The van der Waals surface area contributed by atoms with E-state index in [1.54, 1.807) is 36.4 Å². The molecule has 1 N–H and O–H groups in total. The molecule has 3 aromatic rings. The van der Waals surface area contributed by atoms with Crippen LogP contribution in [0.1, 0.15) is 39.0 Å². The number of hydrogen-bond donors (Lipinski definition) is 1. The predicted molar refractivity (Wildman–Crippen MR) is 109 cm³/mol. The third kappa shape index (κ3) is 5.34. The van der Waals surface area contributed by atoms with E-state index in [-0.39, 0.29) is 17.1 Å². The SMILES string of the molecule is Cc1ccc(C(=O)Cc2ccc(S(=O)(=O)CC(O)c3ccc(C)nc3)cc2)cn1. The van der Waals surface area contributed by atoms with E-state index in [9.17, 15) is 18.3 Å². The van der Waals surface area contributed by atoms with Gasteiger partial charge in [-0.15, -0.1) is 0 Å². The number of aliphatic hydroxyl groups excluding tert-OH is 1. The van der Waals surface area contributed by atoms with Gasteiger partial charge in [-0.1, -0.05) is 18.2 Å². The van der Waals surface area contributed by atoms with Crippen LogP contribution in [-0.4, -0.2) is 35.0 Å². The lowest BCUT2D eigenvalue weighted by molar-refractivity contribution is 0.0992. The van der Waals surface area contributed by atoms with Gasteiger partial charge in [-0.2, -0.15) is 0 Å². The van der Waals surface area contributed by atoms with E-state index in [1.165, 1.54) is 24.5 Å². The molecule has 2 heterocycles. The number of hydrogen-bond acceptors (Lipinski definition) is 6. The van der Waals surface area contributed by atoms with E-state index in [2.05, 4.69) is 9.97 Å². The second-order valence-electron chi connectivity index (χ2n) is 6.96. The Bertz CT molecular complexity index is 1090. The standard InChI is InChI=1S/C22H22N2O4S/c1-15-3-7-18(12-23-15)21(25)11-17-5-9-20(10-6-17)29(27,28)14-22(26)19-8-4-16(2)24-13-19/h3-10,12-13,22,26H,11,14H2,1-2H3. The highest BCUT2D eigenvalue weighted by molar-refractivity contribution is 7.91. The number of rotatable bonds is 7. The van der Waals surface area contributed by atoms with Gasteiger partial charge in [-0.3, -0.25) is 14.8 Å². The Morgan fingerprint density at radius 3 is 2.10 bits per heavy atom. The van der Waals surface area contributed by atoms with E-state index < -0.39 is 21.7 Å². The van der Waals surface area contributed by atoms with Crippen LogP contribution in [0.5, 0.6) is 0 Å². The Labute approximate surface area is 170 Å². The van der Waals surface area contributed by atoms with Crippen LogP contribution in [0.4, 0.5) is 0 Å². The number of aliphatic hydroxyl groups is 1. The molecular weight excluding hydrogens is 388 g/mol. The smallest absolute Gasteiger partial charge is 0.181 e. The molecule has 7 heteroatoms. The summed E-state index contributed by atoms with van der Waals surface area (Å²) >= 11 is 0. The van der Waals surface area contributed by atoms with Crippen LogP contribution in [0.25, 0.3) is 0 Å². The summed E-state index contributed by atoms with van der Waals surface area (Å²) in [7, 11) is -3.69. The molecule has 0 amide bonds. The average molecular weight is 410 g/mol. The number of benzene rings is 1. The molecule has 3 rings (SSSR count). The van der Waals surface area contributed by atoms with Crippen LogP contribution in [-0.2, 0) is 16.3 Å². The van der Waals surface area contributed by atoms with E-state index in [0.29, 0.717) is 16.7 Å². The Morgan fingerprint density at radius 2 is 1.55 bits per heavy atom. The summed E-state index contributed by atoms with van der Waals surface area (Å²) in [4.78, 5) is 20.6. The summed E-state index contributed by atoms with van der Waals surface area (Å²) in [6.45, 7) is 3.66. The molecule has 1 unspecified atom stereocenters. The van der Waals surface area contributed by atoms with Gasteiger partial charge >= 0.3 is 0 Å². The van der Waals surface area contributed by atoms with Crippen molar-refractivity contribution >= 4 is 15.6 Å². The maximum absolute atomic E-state index is 12.6. The average Bonchev–Trinajstić information content (AvgIpc) is 2.69. The van der Waals surface area contributed by atoms with Gasteiger partial charge in [-0.05, 0) is 55.3 Å². The monoisotopic (exact) mass is 410 g/mol. The Morgan fingerprint density at radius 1 is 0.931 bits per heavy atom. The maximum Gasteiger partial charge on any atom is 0.181 e. The number of pyridine rings is 2. The van der Waals surface area contributed by atoms with Crippen LogP contribution in [0, 0.1) is 13.8 Å². The lowest BCUT2D eigenvalue weighted by Crippen LogP contribution is -2.15. The topological polar surface area (TPSA) is 97.2 Å². The van der Waals surface area contributed by atoms with Gasteiger partial charge in [0.25, 0.3) is 0 Å². The molecule has 29 heavy (non-hydrogen) atoms. The first-order valence-corrected chi connectivity index (χ1v) is 10.8. The fourth-order valence-corrected chi connectivity index (χ4v) is 4.16. The van der Waals surface area contributed by atoms with Crippen molar-refractivity contribution in [3.05, 3.63) is 89.0 Å². The lowest BCUT2D eigenvalue weighted by atomic mass is 10.0. The summed E-state index contributed by atoms with van der Waals surface area (Å²) in [6.07, 6.45) is 2.01. The first kappa shape index (κ1) is 20.8. The van der Waals surface area contributed by atoms with Crippen LogP contribution in [0.15, 0.2) is 65.8 Å². The first-order chi connectivity index (χ1) is 13.7. The number of Topliss-reactive ketones (excluding diaryl/α,β-unsaturated/α-hetero) is 1. The van der Waals surface area contributed by atoms with Gasteiger partial charge in [0, 0.05) is 35.8 Å². The van der Waals surface area contributed by atoms with Crippen molar-refractivity contribution in [1.29, 1.82) is 0 Å². The quantitative estimate of drug-likeness (QED) is 0.602. The van der Waals surface area contributed by atoms with Gasteiger partial charge in [-0.25, -0.2) is 8.42 Å². The molecule has 0 saturated heterocycles. The Balaban J connectivity index is 1.68. The zero-order valence-electron chi connectivity index (χ0n) is 16.2. The number of sulfone groups is 1. The molecule has 1 aromatic carbocycles. The summed E-state index contributed by atoms with van der Waals surface area (Å²) < 4.78 is 25.2. The van der Waals surface area contributed by atoms with Gasteiger partial charge in [0.2, 0.25) is 0 Å². The van der Waals surface area contributed by atoms with Gasteiger partial charge in [0.05, 0.1) is 16.8 Å². The van der Waals surface area contributed by atoms with Crippen molar-refractivity contribution < 1.29 is 18.3 Å². The predicted octanol–water partition coefficient (Wildman–Crippen LogP) is 3.03. The highest BCUT2D eigenvalue weighted by Gasteiger charge is 2.21. The van der Waals surface area contributed by atoms with Crippen molar-refractivity contribution in [3.8, 4) is 0 Å². The number of carbonyl (C=O) groups is 1.